The molecule has 3 rings (SSSR count). The summed E-state index contributed by atoms with van der Waals surface area (Å²) in [6.45, 7) is 0. The van der Waals surface area contributed by atoms with E-state index in [1.165, 1.54) is 12.1 Å². The van der Waals surface area contributed by atoms with E-state index in [4.69, 9.17) is 5.14 Å². The highest BCUT2D eigenvalue weighted by atomic mass is 32.2. The van der Waals surface area contributed by atoms with E-state index in [1.807, 2.05) is 12.1 Å². The average molecular weight is 323 g/mol. The Morgan fingerprint density at radius 3 is 2.43 bits per heavy atom. The van der Waals surface area contributed by atoms with Crippen molar-refractivity contribution in [1.29, 1.82) is 0 Å². The zero-order valence-corrected chi connectivity index (χ0v) is 12.6. The van der Waals surface area contributed by atoms with E-state index in [9.17, 15) is 16.8 Å². The minimum atomic E-state index is -3.93. The number of hydrogen-bond acceptors (Lipinski definition) is 4. The SMILES string of the molecule is NS(=O)(=O)c1ccc2ccccc2c1C1C=CS(=O)(=O)C1. The second kappa shape index (κ2) is 4.66. The molecule has 21 heavy (non-hydrogen) atoms. The Hall–Kier alpha value is -1.70. The highest BCUT2D eigenvalue weighted by Crippen LogP contribution is 2.35. The maximum Gasteiger partial charge on any atom is 0.238 e. The van der Waals surface area contributed by atoms with Gasteiger partial charge >= 0.3 is 0 Å². The molecule has 0 amide bonds. The van der Waals surface area contributed by atoms with Gasteiger partial charge in [0.05, 0.1) is 10.6 Å². The van der Waals surface area contributed by atoms with E-state index < -0.39 is 25.8 Å². The van der Waals surface area contributed by atoms with Crippen LogP contribution < -0.4 is 5.14 Å². The fourth-order valence-corrected chi connectivity index (χ4v) is 4.81. The number of benzene rings is 2. The van der Waals surface area contributed by atoms with E-state index in [-0.39, 0.29) is 10.6 Å². The molecule has 0 aliphatic carbocycles. The first-order valence-electron chi connectivity index (χ1n) is 6.23. The van der Waals surface area contributed by atoms with Crippen LogP contribution in [0.3, 0.4) is 0 Å². The van der Waals surface area contributed by atoms with Gasteiger partial charge < -0.3 is 0 Å². The maximum absolute atomic E-state index is 11.8. The summed E-state index contributed by atoms with van der Waals surface area (Å²) >= 11 is 0. The first-order chi connectivity index (χ1) is 9.78. The largest absolute Gasteiger partial charge is 0.238 e. The van der Waals surface area contributed by atoms with E-state index in [0.717, 1.165) is 10.8 Å². The number of fused-ring (bicyclic) bond motifs is 1. The van der Waals surface area contributed by atoms with Crippen LogP contribution in [0, 0.1) is 0 Å². The van der Waals surface area contributed by atoms with Gasteiger partial charge in [0.2, 0.25) is 10.0 Å². The summed E-state index contributed by atoms with van der Waals surface area (Å²) in [6, 6.07) is 10.4. The molecule has 7 heteroatoms. The van der Waals surface area contributed by atoms with Crippen LogP contribution in [0.5, 0.6) is 0 Å². The van der Waals surface area contributed by atoms with E-state index >= 15 is 0 Å². The van der Waals surface area contributed by atoms with Crippen molar-refractivity contribution in [3.8, 4) is 0 Å². The predicted molar refractivity (Wildman–Crippen MR) is 81.0 cm³/mol. The van der Waals surface area contributed by atoms with Crippen molar-refractivity contribution < 1.29 is 16.8 Å². The minimum absolute atomic E-state index is 0.0204. The Morgan fingerprint density at radius 2 is 1.81 bits per heavy atom. The second-order valence-corrected chi connectivity index (χ2v) is 8.47. The molecule has 0 saturated carbocycles. The lowest BCUT2D eigenvalue weighted by molar-refractivity contribution is 0.594. The summed E-state index contributed by atoms with van der Waals surface area (Å²) < 4.78 is 46.9. The van der Waals surface area contributed by atoms with Crippen molar-refractivity contribution in [2.45, 2.75) is 10.8 Å². The molecule has 1 heterocycles. The number of rotatable bonds is 2. The molecule has 110 valence electrons. The van der Waals surface area contributed by atoms with Gasteiger partial charge in [-0.2, -0.15) is 0 Å². The van der Waals surface area contributed by atoms with Gasteiger partial charge in [-0.1, -0.05) is 36.4 Å². The third-order valence-corrected chi connectivity index (χ3v) is 5.90. The molecule has 2 aromatic carbocycles. The molecule has 1 atom stereocenters. The van der Waals surface area contributed by atoms with E-state index in [2.05, 4.69) is 0 Å². The summed E-state index contributed by atoms with van der Waals surface area (Å²) in [7, 11) is -7.22. The number of hydrogen-bond donors (Lipinski definition) is 1. The van der Waals surface area contributed by atoms with Crippen LogP contribution in [0.2, 0.25) is 0 Å². The standard InChI is InChI=1S/C14H13NO4S2/c15-21(18,19)13-6-5-10-3-1-2-4-12(10)14(13)11-7-8-20(16,17)9-11/h1-8,11H,9H2,(H2,15,18,19). The summed E-state index contributed by atoms with van der Waals surface area (Å²) in [6.07, 6.45) is 1.52. The fourth-order valence-electron chi connectivity index (χ4n) is 2.66. The summed E-state index contributed by atoms with van der Waals surface area (Å²) in [4.78, 5) is -0.0204. The van der Waals surface area contributed by atoms with Crippen LogP contribution in [0.15, 0.2) is 52.8 Å². The highest BCUT2D eigenvalue weighted by molar-refractivity contribution is 7.94. The van der Waals surface area contributed by atoms with E-state index in [0.29, 0.717) is 10.9 Å². The lowest BCUT2D eigenvalue weighted by Crippen LogP contribution is -2.17. The Morgan fingerprint density at radius 1 is 1.10 bits per heavy atom. The summed E-state index contributed by atoms with van der Waals surface area (Å²) in [5.74, 6) is -0.641. The topological polar surface area (TPSA) is 94.3 Å². The normalized spacial score (nSPS) is 20.9. The van der Waals surface area contributed by atoms with Crippen molar-refractivity contribution in [3.63, 3.8) is 0 Å². The zero-order valence-electron chi connectivity index (χ0n) is 10.9. The van der Waals surface area contributed by atoms with Gasteiger partial charge in [-0.3, -0.25) is 0 Å². The van der Waals surface area contributed by atoms with Crippen LogP contribution in [0.25, 0.3) is 10.8 Å². The van der Waals surface area contributed by atoms with Crippen LogP contribution in [-0.4, -0.2) is 22.6 Å². The number of primary sulfonamides is 1. The van der Waals surface area contributed by atoms with Crippen molar-refractivity contribution >= 4 is 30.6 Å². The first kappa shape index (κ1) is 14.2. The molecule has 0 saturated heterocycles. The zero-order chi connectivity index (χ0) is 15.3. The molecule has 2 aromatic rings. The van der Waals surface area contributed by atoms with Crippen molar-refractivity contribution in [2.75, 3.05) is 5.75 Å². The van der Waals surface area contributed by atoms with Gasteiger partial charge in [-0.15, -0.1) is 0 Å². The van der Waals surface area contributed by atoms with Gasteiger partial charge in [0.1, 0.15) is 0 Å². The molecule has 5 nitrogen and oxygen atoms in total. The highest BCUT2D eigenvalue weighted by Gasteiger charge is 2.29. The molecule has 1 aliphatic rings. The molecule has 0 aromatic heterocycles. The van der Waals surface area contributed by atoms with Crippen LogP contribution >= 0.6 is 0 Å². The van der Waals surface area contributed by atoms with Gasteiger partial charge in [-0.25, -0.2) is 22.0 Å². The van der Waals surface area contributed by atoms with Crippen molar-refractivity contribution in [3.05, 3.63) is 53.4 Å². The number of sulfonamides is 1. The number of allylic oxidation sites excluding steroid dienone is 1. The third kappa shape index (κ3) is 2.59. The molecule has 0 fully saturated rings. The Kier molecular flexibility index (Phi) is 3.16. The number of sulfone groups is 1. The smallest absolute Gasteiger partial charge is 0.225 e. The lowest BCUT2D eigenvalue weighted by Gasteiger charge is -2.15. The molecule has 0 radical (unpaired) electrons. The van der Waals surface area contributed by atoms with Crippen LogP contribution in [-0.2, 0) is 19.9 Å². The molecular weight excluding hydrogens is 310 g/mol. The van der Waals surface area contributed by atoms with Crippen molar-refractivity contribution in [1.82, 2.24) is 0 Å². The molecule has 1 unspecified atom stereocenters. The quantitative estimate of drug-likeness (QED) is 0.906. The monoisotopic (exact) mass is 323 g/mol. The number of nitrogens with two attached hydrogens (primary N) is 1. The molecule has 2 N–H and O–H groups in total. The maximum atomic E-state index is 11.8. The Balaban J connectivity index is 2.35. The molecule has 0 spiro atoms. The lowest BCUT2D eigenvalue weighted by atomic mass is 9.95. The van der Waals surface area contributed by atoms with Crippen LogP contribution in [0.1, 0.15) is 11.5 Å². The third-order valence-electron chi connectivity index (χ3n) is 3.54. The van der Waals surface area contributed by atoms with Gasteiger partial charge in [0.25, 0.3) is 0 Å². The van der Waals surface area contributed by atoms with Gasteiger partial charge in [-0.05, 0) is 22.4 Å². The van der Waals surface area contributed by atoms with Crippen molar-refractivity contribution in [2.24, 2.45) is 5.14 Å². The van der Waals surface area contributed by atoms with E-state index in [1.54, 1.807) is 18.2 Å². The average Bonchev–Trinajstić information content (AvgIpc) is 2.76. The van der Waals surface area contributed by atoms with Gasteiger partial charge in [0.15, 0.2) is 9.84 Å². The Labute approximate surface area is 123 Å². The molecular formula is C14H13NO4S2. The molecule has 0 bridgehead atoms. The summed E-state index contributed by atoms with van der Waals surface area (Å²) in [5.41, 5.74) is 0.452. The fraction of sp³-hybridized carbons (Fsp3) is 0.143. The predicted octanol–water partition coefficient (Wildman–Crippen LogP) is 1.51. The summed E-state index contributed by atoms with van der Waals surface area (Å²) in [5, 5.41) is 7.96. The minimum Gasteiger partial charge on any atom is -0.225 e. The second-order valence-electron chi connectivity index (χ2n) is 5.01. The van der Waals surface area contributed by atoms with Gasteiger partial charge in [0, 0.05) is 11.3 Å². The van der Waals surface area contributed by atoms with Crippen LogP contribution in [0.4, 0.5) is 0 Å². The molecule has 1 aliphatic heterocycles. The first-order valence-corrected chi connectivity index (χ1v) is 9.49. The Bertz CT molecular complexity index is 960.